The molecule has 0 spiro atoms. The highest BCUT2D eigenvalue weighted by Crippen LogP contribution is 2.36. The van der Waals surface area contributed by atoms with Gasteiger partial charge in [-0.15, -0.1) is 0 Å². The van der Waals surface area contributed by atoms with E-state index in [0.29, 0.717) is 25.7 Å². The van der Waals surface area contributed by atoms with Crippen LogP contribution in [0.5, 0.6) is 0 Å². The number of allylic oxidation sites excluding steroid dienone is 9. The monoisotopic (exact) mass is 780 g/mol. The third kappa shape index (κ3) is 39.1. The fourth-order valence-electron chi connectivity index (χ4n) is 5.24. The SMILES string of the molecule is CCCCC/C=C\C/C=C\CCCCCCCCCC(=O)O[C@H](COC(=O)CCC[C@H](O)\C=C/C=C/C=C/[C@H](O)C/C=C\CCCCC)COP(=O)(O)O. The summed E-state index contributed by atoms with van der Waals surface area (Å²) in [5.74, 6) is -1.14. The lowest BCUT2D eigenvalue weighted by Crippen LogP contribution is -2.29. The van der Waals surface area contributed by atoms with Gasteiger partial charge in [-0.25, -0.2) is 4.57 Å². The normalized spacial score (nSPS) is 14.4. The van der Waals surface area contributed by atoms with E-state index < -0.39 is 51.3 Å². The molecule has 11 heteroatoms. The predicted octanol–water partition coefficient (Wildman–Crippen LogP) is 10.2. The second kappa shape index (κ2) is 37.3. The summed E-state index contributed by atoms with van der Waals surface area (Å²) in [6.07, 6.45) is 41.0. The van der Waals surface area contributed by atoms with Gasteiger partial charge in [0.25, 0.3) is 0 Å². The summed E-state index contributed by atoms with van der Waals surface area (Å²) >= 11 is 0. The van der Waals surface area contributed by atoms with Gasteiger partial charge in [0.05, 0.1) is 18.8 Å². The molecule has 0 fully saturated rings. The van der Waals surface area contributed by atoms with Gasteiger partial charge in [-0.05, 0) is 70.6 Å². The molecule has 0 radical (unpaired) electrons. The van der Waals surface area contributed by atoms with Gasteiger partial charge in [0.1, 0.15) is 6.61 Å². The van der Waals surface area contributed by atoms with E-state index in [0.717, 1.165) is 44.9 Å². The number of hydrogen-bond donors (Lipinski definition) is 4. The Hall–Kier alpha value is -2.59. The van der Waals surface area contributed by atoms with Crippen molar-refractivity contribution in [2.75, 3.05) is 13.2 Å². The van der Waals surface area contributed by atoms with Crippen molar-refractivity contribution in [3.8, 4) is 0 Å². The van der Waals surface area contributed by atoms with Gasteiger partial charge in [0.15, 0.2) is 6.10 Å². The third-order valence-corrected chi connectivity index (χ3v) is 8.87. The number of rotatable bonds is 36. The van der Waals surface area contributed by atoms with Crippen LogP contribution in [0.1, 0.15) is 155 Å². The van der Waals surface area contributed by atoms with E-state index in [9.17, 15) is 24.4 Å². The summed E-state index contributed by atoms with van der Waals surface area (Å²) in [6.45, 7) is 3.37. The minimum atomic E-state index is -4.82. The number of carbonyl (C=O) groups is 2. The number of phosphoric ester groups is 1. The van der Waals surface area contributed by atoms with Crippen LogP contribution < -0.4 is 0 Å². The molecule has 0 aliphatic carbocycles. The highest BCUT2D eigenvalue weighted by atomic mass is 31.2. The Morgan fingerprint density at radius 3 is 1.70 bits per heavy atom. The van der Waals surface area contributed by atoms with Crippen molar-refractivity contribution in [2.45, 2.75) is 173 Å². The summed E-state index contributed by atoms with van der Waals surface area (Å²) in [5, 5.41) is 20.2. The molecular formula is C43H73O10P. The molecular weight excluding hydrogens is 707 g/mol. The molecule has 0 saturated carbocycles. The smallest absolute Gasteiger partial charge is 0.462 e. The van der Waals surface area contributed by atoms with Crippen LogP contribution in [0.15, 0.2) is 72.9 Å². The van der Waals surface area contributed by atoms with Gasteiger partial charge in [-0.3, -0.25) is 14.1 Å². The Balaban J connectivity index is 4.22. The molecule has 10 nitrogen and oxygen atoms in total. The van der Waals surface area contributed by atoms with Crippen LogP contribution in [0.3, 0.4) is 0 Å². The van der Waals surface area contributed by atoms with E-state index in [1.54, 1.807) is 36.5 Å². The quantitative estimate of drug-likeness (QED) is 0.0158. The van der Waals surface area contributed by atoms with E-state index in [-0.39, 0.29) is 12.8 Å². The van der Waals surface area contributed by atoms with Crippen LogP contribution >= 0.6 is 7.82 Å². The fourth-order valence-corrected chi connectivity index (χ4v) is 5.60. The average molecular weight is 781 g/mol. The lowest BCUT2D eigenvalue weighted by Gasteiger charge is -2.18. The standard InChI is InChI=1S/C43H73O10P/c1-3-5-7-9-11-12-13-14-15-16-17-18-19-20-21-23-29-35-43(47)53-41(38-52-54(48,49)50)37-51-42(46)36-30-34-40(45)33-28-25-24-27-32-39(44)31-26-22-10-8-6-4-2/h11-12,14-15,22,24-28,32-33,39-41,44-45H,3-10,13,16-21,23,29-31,34-38H2,1-2H3,(H2,48,49,50)/b12-11-,15-14-,25-24+,26-22-,32-27+,33-28-/t39-,40-,41-/m1/s1. The molecule has 3 atom stereocenters. The Morgan fingerprint density at radius 1 is 0.593 bits per heavy atom. The molecule has 0 aromatic rings. The zero-order chi connectivity index (χ0) is 40.0. The fraction of sp³-hybridized carbons (Fsp3) is 0.674. The number of carbonyl (C=O) groups excluding carboxylic acids is 2. The zero-order valence-corrected chi connectivity index (χ0v) is 34.2. The summed E-state index contributed by atoms with van der Waals surface area (Å²) in [6, 6.07) is 0. The van der Waals surface area contributed by atoms with Gasteiger partial charge in [0, 0.05) is 12.8 Å². The minimum absolute atomic E-state index is 0.00197. The number of aliphatic hydroxyl groups is 2. The molecule has 0 heterocycles. The summed E-state index contributed by atoms with van der Waals surface area (Å²) in [7, 11) is -4.82. The van der Waals surface area contributed by atoms with Gasteiger partial charge in [0.2, 0.25) is 0 Å². The molecule has 0 unspecified atom stereocenters. The molecule has 310 valence electrons. The van der Waals surface area contributed by atoms with Crippen LogP contribution in [-0.2, 0) is 28.2 Å². The first-order chi connectivity index (χ1) is 26.1. The van der Waals surface area contributed by atoms with Crippen molar-refractivity contribution in [2.24, 2.45) is 0 Å². The molecule has 4 N–H and O–H groups in total. The number of hydrogen-bond acceptors (Lipinski definition) is 8. The zero-order valence-electron chi connectivity index (χ0n) is 33.3. The number of ether oxygens (including phenoxy) is 2. The average Bonchev–Trinajstić information content (AvgIpc) is 3.13. The minimum Gasteiger partial charge on any atom is -0.462 e. The van der Waals surface area contributed by atoms with Gasteiger partial charge >= 0.3 is 19.8 Å². The first-order valence-electron chi connectivity index (χ1n) is 20.4. The van der Waals surface area contributed by atoms with Crippen LogP contribution in [-0.4, -0.2) is 63.5 Å². The molecule has 0 aliphatic heterocycles. The van der Waals surface area contributed by atoms with Crippen molar-refractivity contribution in [3.63, 3.8) is 0 Å². The molecule has 0 rings (SSSR count). The molecule has 0 aromatic heterocycles. The van der Waals surface area contributed by atoms with Crippen molar-refractivity contribution in [3.05, 3.63) is 72.9 Å². The van der Waals surface area contributed by atoms with Crippen LogP contribution in [0.2, 0.25) is 0 Å². The number of aliphatic hydroxyl groups excluding tert-OH is 2. The van der Waals surface area contributed by atoms with Crippen LogP contribution in [0.25, 0.3) is 0 Å². The topological polar surface area (TPSA) is 160 Å². The maximum absolute atomic E-state index is 12.4. The maximum atomic E-state index is 12.4. The van der Waals surface area contributed by atoms with Crippen LogP contribution in [0, 0.1) is 0 Å². The van der Waals surface area contributed by atoms with Crippen LogP contribution in [0.4, 0.5) is 0 Å². The third-order valence-electron chi connectivity index (χ3n) is 8.39. The molecule has 0 saturated heterocycles. The molecule has 0 amide bonds. The Labute approximate surface area is 326 Å². The van der Waals surface area contributed by atoms with E-state index >= 15 is 0 Å². The summed E-state index contributed by atoms with van der Waals surface area (Å²) in [5.41, 5.74) is 0. The first-order valence-corrected chi connectivity index (χ1v) is 22.0. The van der Waals surface area contributed by atoms with Crippen molar-refractivity contribution < 1.29 is 48.2 Å². The molecule has 54 heavy (non-hydrogen) atoms. The highest BCUT2D eigenvalue weighted by molar-refractivity contribution is 7.46. The number of esters is 2. The van der Waals surface area contributed by atoms with Gasteiger partial charge < -0.3 is 29.5 Å². The van der Waals surface area contributed by atoms with E-state index in [1.807, 2.05) is 6.08 Å². The Kier molecular flexibility index (Phi) is 35.5. The lowest BCUT2D eigenvalue weighted by atomic mass is 10.1. The van der Waals surface area contributed by atoms with Crippen molar-refractivity contribution in [1.29, 1.82) is 0 Å². The molecule has 0 aliphatic rings. The summed E-state index contributed by atoms with van der Waals surface area (Å²) < 4.78 is 26.2. The van der Waals surface area contributed by atoms with Crippen molar-refractivity contribution in [1.82, 2.24) is 0 Å². The van der Waals surface area contributed by atoms with E-state index in [2.05, 4.69) is 48.8 Å². The van der Waals surface area contributed by atoms with Gasteiger partial charge in [-0.2, -0.15) is 0 Å². The van der Waals surface area contributed by atoms with Crippen molar-refractivity contribution >= 4 is 19.8 Å². The lowest BCUT2D eigenvalue weighted by molar-refractivity contribution is -0.161. The predicted molar refractivity (Wildman–Crippen MR) is 219 cm³/mol. The largest absolute Gasteiger partial charge is 0.469 e. The maximum Gasteiger partial charge on any atom is 0.469 e. The number of phosphoric acid groups is 1. The Bertz CT molecular complexity index is 1140. The van der Waals surface area contributed by atoms with E-state index in [1.165, 1.54) is 57.8 Å². The summed E-state index contributed by atoms with van der Waals surface area (Å²) in [4.78, 5) is 42.8. The molecule has 0 aromatic carbocycles. The Morgan fingerprint density at radius 2 is 1.11 bits per heavy atom. The first kappa shape index (κ1) is 51.4. The van der Waals surface area contributed by atoms with E-state index in [4.69, 9.17) is 19.3 Å². The van der Waals surface area contributed by atoms with Gasteiger partial charge in [-0.1, -0.05) is 145 Å². The number of unbranched alkanes of at least 4 members (excludes halogenated alkanes) is 13. The highest BCUT2D eigenvalue weighted by Gasteiger charge is 2.23. The second-order valence-corrected chi connectivity index (χ2v) is 14.9. The molecule has 0 bridgehead atoms. The second-order valence-electron chi connectivity index (χ2n) is 13.7.